The summed E-state index contributed by atoms with van der Waals surface area (Å²) >= 11 is 0. The predicted octanol–water partition coefficient (Wildman–Crippen LogP) is 1.93. The maximum atomic E-state index is 11.9. The van der Waals surface area contributed by atoms with Crippen LogP contribution >= 0.6 is 0 Å². The summed E-state index contributed by atoms with van der Waals surface area (Å²) in [6, 6.07) is -0.141. The zero-order valence-corrected chi connectivity index (χ0v) is 11.3. The van der Waals surface area contributed by atoms with Gasteiger partial charge in [0, 0.05) is 19.6 Å². The molecule has 2 N–H and O–H groups in total. The summed E-state index contributed by atoms with van der Waals surface area (Å²) in [6.45, 7) is 5.01. The molecule has 0 aliphatic heterocycles. The minimum Gasteiger partial charge on any atom is -0.481 e. The number of carbonyl (C=O) groups is 2. The van der Waals surface area contributed by atoms with Crippen LogP contribution in [-0.4, -0.2) is 41.6 Å². The molecule has 5 heteroatoms. The highest BCUT2D eigenvalue weighted by atomic mass is 16.4. The van der Waals surface area contributed by atoms with Gasteiger partial charge in [-0.2, -0.15) is 0 Å². The lowest BCUT2D eigenvalue weighted by molar-refractivity contribution is -0.141. The molecule has 1 aliphatic rings. The Morgan fingerprint density at radius 3 is 2.50 bits per heavy atom. The van der Waals surface area contributed by atoms with Crippen molar-refractivity contribution in [1.29, 1.82) is 0 Å². The molecule has 0 radical (unpaired) electrons. The lowest BCUT2D eigenvalue weighted by Crippen LogP contribution is -2.44. The van der Waals surface area contributed by atoms with E-state index in [9.17, 15) is 9.59 Å². The first-order valence-corrected chi connectivity index (χ1v) is 6.80. The van der Waals surface area contributed by atoms with Crippen LogP contribution in [0.4, 0.5) is 4.79 Å². The predicted molar refractivity (Wildman–Crippen MR) is 69.4 cm³/mol. The zero-order chi connectivity index (χ0) is 13.5. The van der Waals surface area contributed by atoms with Gasteiger partial charge in [0.1, 0.15) is 0 Å². The number of amides is 2. The van der Waals surface area contributed by atoms with Crippen LogP contribution in [0.2, 0.25) is 0 Å². The van der Waals surface area contributed by atoms with E-state index in [2.05, 4.69) is 5.32 Å². The molecular formula is C13H24N2O3. The number of carbonyl (C=O) groups excluding carboxylic acids is 1. The highest BCUT2D eigenvalue weighted by Crippen LogP contribution is 2.23. The summed E-state index contributed by atoms with van der Waals surface area (Å²) in [5.41, 5.74) is 0. The van der Waals surface area contributed by atoms with E-state index in [0.29, 0.717) is 12.5 Å². The third-order valence-corrected chi connectivity index (χ3v) is 3.60. The molecule has 0 bridgehead atoms. The van der Waals surface area contributed by atoms with Gasteiger partial charge < -0.3 is 15.3 Å². The summed E-state index contributed by atoms with van der Waals surface area (Å²) in [6.07, 6.45) is 4.90. The van der Waals surface area contributed by atoms with Gasteiger partial charge in [-0.3, -0.25) is 4.79 Å². The molecule has 2 amide bonds. The SMILES string of the molecule is CCN(CC(C)C(=O)O)C(=O)NCC1CCCC1. The zero-order valence-electron chi connectivity index (χ0n) is 11.3. The largest absolute Gasteiger partial charge is 0.481 e. The number of nitrogens with zero attached hydrogens (tertiary/aromatic N) is 1. The van der Waals surface area contributed by atoms with Crippen molar-refractivity contribution in [2.24, 2.45) is 11.8 Å². The summed E-state index contributed by atoms with van der Waals surface area (Å²) in [7, 11) is 0. The minimum atomic E-state index is -0.864. The second-order valence-corrected chi connectivity index (χ2v) is 5.11. The number of rotatable bonds is 6. The Hall–Kier alpha value is -1.26. The molecule has 0 aromatic carbocycles. The smallest absolute Gasteiger partial charge is 0.317 e. The molecule has 0 aromatic rings. The van der Waals surface area contributed by atoms with Crippen LogP contribution in [0, 0.1) is 11.8 Å². The van der Waals surface area contributed by atoms with Crippen molar-refractivity contribution in [3.63, 3.8) is 0 Å². The third kappa shape index (κ3) is 4.55. The third-order valence-electron chi connectivity index (χ3n) is 3.60. The lowest BCUT2D eigenvalue weighted by Gasteiger charge is -2.24. The molecule has 0 saturated heterocycles. The average Bonchev–Trinajstić information content (AvgIpc) is 2.85. The molecule has 104 valence electrons. The van der Waals surface area contributed by atoms with Crippen molar-refractivity contribution in [3.05, 3.63) is 0 Å². The van der Waals surface area contributed by atoms with Crippen LogP contribution in [-0.2, 0) is 4.79 Å². The van der Waals surface area contributed by atoms with E-state index in [1.54, 1.807) is 11.8 Å². The van der Waals surface area contributed by atoms with E-state index in [4.69, 9.17) is 5.11 Å². The van der Waals surface area contributed by atoms with Crippen molar-refractivity contribution in [1.82, 2.24) is 10.2 Å². The number of nitrogens with one attached hydrogen (secondary N) is 1. The van der Waals surface area contributed by atoms with E-state index < -0.39 is 11.9 Å². The Morgan fingerprint density at radius 1 is 1.39 bits per heavy atom. The van der Waals surface area contributed by atoms with Crippen LogP contribution in [0.15, 0.2) is 0 Å². The average molecular weight is 256 g/mol. The van der Waals surface area contributed by atoms with Gasteiger partial charge in [-0.1, -0.05) is 19.8 Å². The van der Waals surface area contributed by atoms with Crippen molar-refractivity contribution in [2.75, 3.05) is 19.6 Å². The van der Waals surface area contributed by atoms with Gasteiger partial charge in [-0.05, 0) is 25.7 Å². The number of carboxylic acids is 1. The summed E-state index contributed by atoms with van der Waals surface area (Å²) in [5.74, 6) is -0.788. The second-order valence-electron chi connectivity index (χ2n) is 5.11. The van der Waals surface area contributed by atoms with Gasteiger partial charge in [-0.15, -0.1) is 0 Å². The quantitative estimate of drug-likeness (QED) is 0.763. The van der Waals surface area contributed by atoms with Gasteiger partial charge in [-0.25, -0.2) is 4.79 Å². The first-order valence-electron chi connectivity index (χ1n) is 6.80. The molecule has 1 fully saturated rings. The topological polar surface area (TPSA) is 69.6 Å². The van der Waals surface area contributed by atoms with E-state index in [1.165, 1.54) is 25.7 Å². The molecule has 1 rings (SSSR count). The molecule has 1 atom stereocenters. The number of hydrogen-bond acceptors (Lipinski definition) is 2. The van der Waals surface area contributed by atoms with Crippen molar-refractivity contribution < 1.29 is 14.7 Å². The van der Waals surface area contributed by atoms with Gasteiger partial charge >= 0.3 is 12.0 Å². The number of urea groups is 1. The Labute approximate surface area is 109 Å². The highest BCUT2D eigenvalue weighted by molar-refractivity contribution is 5.75. The van der Waals surface area contributed by atoms with Crippen LogP contribution in [0.25, 0.3) is 0 Å². The van der Waals surface area contributed by atoms with Gasteiger partial charge in [0.05, 0.1) is 5.92 Å². The molecule has 1 unspecified atom stereocenters. The van der Waals surface area contributed by atoms with Crippen molar-refractivity contribution in [2.45, 2.75) is 39.5 Å². The van der Waals surface area contributed by atoms with E-state index in [0.717, 1.165) is 6.54 Å². The summed E-state index contributed by atoms with van der Waals surface area (Å²) < 4.78 is 0. The van der Waals surface area contributed by atoms with Crippen LogP contribution in [0.1, 0.15) is 39.5 Å². The molecule has 0 heterocycles. The standard InChI is InChI=1S/C13H24N2O3/c1-3-15(9-10(2)12(16)17)13(18)14-8-11-6-4-5-7-11/h10-11H,3-9H2,1-2H3,(H,14,18)(H,16,17). The number of carboxylic acid groups (broad SMARTS) is 1. The number of aliphatic carboxylic acids is 1. The Balaban J connectivity index is 2.33. The highest BCUT2D eigenvalue weighted by Gasteiger charge is 2.21. The van der Waals surface area contributed by atoms with Gasteiger partial charge in [0.2, 0.25) is 0 Å². The monoisotopic (exact) mass is 256 g/mol. The fourth-order valence-electron chi connectivity index (χ4n) is 2.32. The molecule has 0 aromatic heterocycles. The molecule has 18 heavy (non-hydrogen) atoms. The lowest BCUT2D eigenvalue weighted by atomic mass is 10.1. The van der Waals surface area contributed by atoms with E-state index in [-0.39, 0.29) is 12.6 Å². The van der Waals surface area contributed by atoms with E-state index >= 15 is 0 Å². The molecular weight excluding hydrogens is 232 g/mol. The van der Waals surface area contributed by atoms with Crippen LogP contribution < -0.4 is 5.32 Å². The molecule has 5 nitrogen and oxygen atoms in total. The first kappa shape index (κ1) is 14.8. The van der Waals surface area contributed by atoms with Crippen molar-refractivity contribution in [3.8, 4) is 0 Å². The Bertz CT molecular complexity index is 288. The molecule has 0 spiro atoms. The van der Waals surface area contributed by atoms with Gasteiger partial charge in [0.25, 0.3) is 0 Å². The normalized spacial score (nSPS) is 17.4. The molecule has 1 saturated carbocycles. The van der Waals surface area contributed by atoms with Crippen molar-refractivity contribution >= 4 is 12.0 Å². The Kier molecular flexibility index (Phi) is 5.95. The van der Waals surface area contributed by atoms with E-state index in [1.807, 2.05) is 6.92 Å². The Morgan fingerprint density at radius 2 is 2.00 bits per heavy atom. The first-order chi connectivity index (χ1) is 8.54. The maximum absolute atomic E-state index is 11.9. The maximum Gasteiger partial charge on any atom is 0.317 e. The summed E-state index contributed by atoms with van der Waals surface area (Å²) in [4.78, 5) is 24.3. The van der Waals surface area contributed by atoms with Crippen LogP contribution in [0.3, 0.4) is 0 Å². The summed E-state index contributed by atoms with van der Waals surface area (Å²) in [5, 5.41) is 11.8. The fraction of sp³-hybridized carbons (Fsp3) is 0.846. The number of hydrogen-bond donors (Lipinski definition) is 2. The van der Waals surface area contributed by atoms with Crippen LogP contribution in [0.5, 0.6) is 0 Å². The molecule has 1 aliphatic carbocycles. The minimum absolute atomic E-state index is 0.141. The second kappa shape index (κ2) is 7.24. The fourth-order valence-corrected chi connectivity index (χ4v) is 2.32. The van der Waals surface area contributed by atoms with Gasteiger partial charge in [0.15, 0.2) is 0 Å².